The number of benzene rings is 1. The highest BCUT2D eigenvalue weighted by atomic mass is 32.1. The van der Waals surface area contributed by atoms with E-state index in [4.69, 9.17) is 0 Å². The summed E-state index contributed by atoms with van der Waals surface area (Å²) in [6, 6.07) is 13.7. The minimum Gasteiger partial charge on any atom is -0.331 e. The second kappa shape index (κ2) is 6.49. The maximum absolute atomic E-state index is 13.5. The number of carbonyl (C=O) groups is 1. The van der Waals surface area contributed by atoms with Crippen molar-refractivity contribution < 1.29 is 9.18 Å². The van der Waals surface area contributed by atoms with Crippen molar-refractivity contribution in [2.45, 2.75) is 6.54 Å². The van der Waals surface area contributed by atoms with Crippen LogP contribution >= 0.6 is 11.3 Å². The van der Waals surface area contributed by atoms with Gasteiger partial charge in [0.1, 0.15) is 11.5 Å². The molecule has 25 heavy (non-hydrogen) atoms. The van der Waals surface area contributed by atoms with Crippen LogP contribution in [0.15, 0.2) is 66.3 Å². The van der Waals surface area contributed by atoms with Crippen LogP contribution in [0.1, 0.15) is 16.1 Å². The van der Waals surface area contributed by atoms with Gasteiger partial charge in [-0.15, -0.1) is 11.3 Å². The molecule has 3 aromatic heterocycles. The van der Waals surface area contributed by atoms with E-state index in [9.17, 15) is 9.18 Å². The van der Waals surface area contributed by atoms with Gasteiger partial charge in [0.15, 0.2) is 0 Å². The van der Waals surface area contributed by atoms with E-state index in [0.29, 0.717) is 17.9 Å². The van der Waals surface area contributed by atoms with Crippen molar-refractivity contribution in [2.75, 3.05) is 5.32 Å². The molecule has 0 radical (unpaired) electrons. The summed E-state index contributed by atoms with van der Waals surface area (Å²) in [5.74, 6) is -0.486. The molecule has 0 atom stereocenters. The fraction of sp³-hybridized carbons (Fsp3) is 0.0526. The molecular formula is C19H14FN3OS. The molecule has 1 amide bonds. The summed E-state index contributed by atoms with van der Waals surface area (Å²) in [6.07, 6.45) is 3.25. The summed E-state index contributed by atoms with van der Waals surface area (Å²) in [5.41, 5.74) is 3.00. The summed E-state index contributed by atoms with van der Waals surface area (Å²) in [4.78, 5) is 16.7. The first kappa shape index (κ1) is 15.5. The quantitative estimate of drug-likeness (QED) is 0.587. The van der Waals surface area contributed by atoms with Crippen LogP contribution in [0.3, 0.4) is 0 Å². The SMILES string of the molecule is O=C(Nc1ccncc1)c1cc2sccc2n1Cc1cccc(F)c1. The molecular weight excluding hydrogens is 337 g/mol. The van der Waals surface area contributed by atoms with Crippen LogP contribution in [-0.2, 0) is 6.54 Å². The van der Waals surface area contributed by atoms with Crippen molar-refractivity contribution in [1.82, 2.24) is 9.55 Å². The molecule has 0 aliphatic carbocycles. The molecule has 0 saturated carbocycles. The number of pyridine rings is 1. The standard InChI is InChI=1S/C19H14FN3OS/c20-14-3-1-2-13(10-14)12-23-16-6-9-25-18(16)11-17(23)19(24)22-15-4-7-21-8-5-15/h1-11H,12H2,(H,21,22,24). The Hall–Kier alpha value is -2.99. The van der Waals surface area contributed by atoms with E-state index in [0.717, 1.165) is 15.8 Å². The van der Waals surface area contributed by atoms with Crippen LogP contribution in [0.2, 0.25) is 0 Å². The zero-order valence-corrected chi connectivity index (χ0v) is 14.0. The first-order valence-corrected chi connectivity index (χ1v) is 8.61. The topological polar surface area (TPSA) is 46.9 Å². The highest BCUT2D eigenvalue weighted by Gasteiger charge is 2.17. The Morgan fingerprint density at radius 2 is 2.00 bits per heavy atom. The van der Waals surface area contributed by atoms with Crippen molar-refractivity contribution in [1.29, 1.82) is 0 Å². The van der Waals surface area contributed by atoms with E-state index in [2.05, 4.69) is 10.3 Å². The van der Waals surface area contributed by atoms with E-state index < -0.39 is 0 Å². The highest BCUT2D eigenvalue weighted by molar-refractivity contribution is 7.17. The normalized spacial score (nSPS) is 10.9. The Morgan fingerprint density at radius 1 is 1.16 bits per heavy atom. The molecule has 1 aromatic carbocycles. The Kier molecular flexibility index (Phi) is 4.03. The van der Waals surface area contributed by atoms with Gasteiger partial charge in [0.2, 0.25) is 0 Å². The van der Waals surface area contributed by atoms with Gasteiger partial charge >= 0.3 is 0 Å². The van der Waals surface area contributed by atoms with E-state index >= 15 is 0 Å². The van der Waals surface area contributed by atoms with Crippen molar-refractivity contribution in [3.05, 3.63) is 83.4 Å². The van der Waals surface area contributed by atoms with Gasteiger partial charge in [0.25, 0.3) is 5.91 Å². The van der Waals surface area contributed by atoms with Gasteiger partial charge in [0, 0.05) is 24.6 Å². The molecule has 1 N–H and O–H groups in total. The smallest absolute Gasteiger partial charge is 0.272 e. The van der Waals surface area contributed by atoms with Crippen LogP contribution < -0.4 is 5.32 Å². The van der Waals surface area contributed by atoms with Gasteiger partial charge in [-0.05, 0) is 47.3 Å². The van der Waals surface area contributed by atoms with Crippen LogP contribution in [0.25, 0.3) is 10.2 Å². The number of aromatic nitrogens is 2. The molecule has 0 spiro atoms. The fourth-order valence-electron chi connectivity index (χ4n) is 2.78. The van der Waals surface area contributed by atoms with E-state index in [1.807, 2.05) is 28.1 Å². The third kappa shape index (κ3) is 3.16. The number of hydrogen-bond acceptors (Lipinski definition) is 3. The molecule has 0 unspecified atom stereocenters. The van der Waals surface area contributed by atoms with Crippen molar-refractivity contribution in [3.63, 3.8) is 0 Å². The average molecular weight is 351 g/mol. The maximum atomic E-state index is 13.5. The predicted octanol–water partition coefficient (Wildman–Crippen LogP) is 4.54. The molecule has 0 saturated heterocycles. The lowest BCUT2D eigenvalue weighted by Crippen LogP contribution is -2.17. The Bertz CT molecular complexity index is 1040. The fourth-order valence-corrected chi connectivity index (χ4v) is 3.61. The molecule has 4 rings (SSSR count). The van der Waals surface area contributed by atoms with Crippen molar-refractivity contribution in [3.8, 4) is 0 Å². The number of fused-ring (bicyclic) bond motifs is 1. The van der Waals surface area contributed by atoms with Gasteiger partial charge in [-0.25, -0.2) is 4.39 Å². The Labute approximate surface area is 147 Å². The van der Waals surface area contributed by atoms with Gasteiger partial charge in [-0.3, -0.25) is 9.78 Å². The van der Waals surface area contributed by atoms with Gasteiger partial charge in [-0.2, -0.15) is 0 Å². The van der Waals surface area contributed by atoms with Crippen molar-refractivity contribution in [2.24, 2.45) is 0 Å². The second-order valence-electron chi connectivity index (χ2n) is 5.61. The largest absolute Gasteiger partial charge is 0.331 e. The molecule has 0 bridgehead atoms. The summed E-state index contributed by atoms with van der Waals surface area (Å²) in [5, 5.41) is 4.86. The number of thiophene rings is 1. The van der Waals surface area contributed by atoms with Crippen molar-refractivity contribution >= 4 is 33.1 Å². The lowest BCUT2D eigenvalue weighted by atomic mass is 10.2. The summed E-state index contributed by atoms with van der Waals surface area (Å²) in [7, 11) is 0. The third-order valence-corrected chi connectivity index (χ3v) is 4.78. The van der Waals surface area contributed by atoms with E-state index in [-0.39, 0.29) is 11.7 Å². The number of halogens is 1. The number of carbonyl (C=O) groups excluding carboxylic acids is 1. The molecule has 4 aromatic rings. The van der Waals surface area contributed by atoms with Gasteiger partial charge in [0.05, 0.1) is 10.2 Å². The second-order valence-corrected chi connectivity index (χ2v) is 6.55. The third-order valence-electron chi connectivity index (χ3n) is 3.92. The van der Waals surface area contributed by atoms with Crippen LogP contribution in [0, 0.1) is 5.82 Å². The number of rotatable bonds is 4. The first-order valence-electron chi connectivity index (χ1n) is 7.73. The Morgan fingerprint density at radius 3 is 2.80 bits per heavy atom. The minimum atomic E-state index is -0.283. The lowest BCUT2D eigenvalue weighted by molar-refractivity contribution is 0.101. The van der Waals surface area contributed by atoms with E-state index in [1.54, 1.807) is 41.9 Å². The number of anilines is 1. The molecule has 0 aliphatic rings. The maximum Gasteiger partial charge on any atom is 0.272 e. The lowest BCUT2D eigenvalue weighted by Gasteiger charge is -2.11. The summed E-state index contributed by atoms with van der Waals surface area (Å²) >= 11 is 1.57. The molecule has 124 valence electrons. The molecule has 0 fully saturated rings. The molecule has 3 heterocycles. The molecule has 6 heteroatoms. The van der Waals surface area contributed by atoms with Crippen LogP contribution in [0.5, 0.6) is 0 Å². The predicted molar refractivity (Wildman–Crippen MR) is 97.5 cm³/mol. The molecule has 0 aliphatic heterocycles. The van der Waals surface area contributed by atoms with Gasteiger partial charge < -0.3 is 9.88 Å². The van der Waals surface area contributed by atoms with E-state index in [1.165, 1.54) is 12.1 Å². The number of nitrogens with one attached hydrogen (secondary N) is 1. The monoisotopic (exact) mass is 351 g/mol. The summed E-state index contributed by atoms with van der Waals surface area (Å²) < 4.78 is 16.4. The number of hydrogen-bond donors (Lipinski definition) is 1. The molecule has 4 nitrogen and oxygen atoms in total. The minimum absolute atomic E-state index is 0.203. The zero-order chi connectivity index (χ0) is 17.2. The first-order chi connectivity index (χ1) is 12.2. The van der Waals surface area contributed by atoms with Crippen LogP contribution in [-0.4, -0.2) is 15.5 Å². The number of amides is 1. The van der Waals surface area contributed by atoms with Crippen LogP contribution in [0.4, 0.5) is 10.1 Å². The van der Waals surface area contributed by atoms with Gasteiger partial charge in [-0.1, -0.05) is 12.1 Å². The number of nitrogens with zero attached hydrogens (tertiary/aromatic N) is 2. The average Bonchev–Trinajstić information content (AvgIpc) is 3.19. The Balaban J connectivity index is 1.71. The summed E-state index contributed by atoms with van der Waals surface area (Å²) in [6.45, 7) is 0.428. The highest BCUT2D eigenvalue weighted by Crippen LogP contribution is 2.27. The zero-order valence-electron chi connectivity index (χ0n) is 13.1.